The zero-order chi connectivity index (χ0) is 32.6. The van der Waals surface area contributed by atoms with Crippen LogP contribution in [0.2, 0.25) is 0 Å². The van der Waals surface area contributed by atoms with Crippen LogP contribution in [0.15, 0.2) is 24.3 Å². The smallest absolute Gasteiger partial charge is 0.333 e. The molecule has 236 valence electrons. The number of phenolic OH excluding ortho intramolecular Hbond substituents is 1. The topological polar surface area (TPSA) is 177 Å². The molecule has 4 aromatic rings. The Morgan fingerprint density at radius 3 is 1.95 bits per heavy atom. The van der Waals surface area contributed by atoms with Crippen LogP contribution >= 0.6 is 30.3 Å². The summed E-state index contributed by atoms with van der Waals surface area (Å²) in [5.41, 5.74) is -1.30. The molecule has 0 saturated carbocycles. The summed E-state index contributed by atoms with van der Waals surface area (Å²) in [6.45, 7) is 2.55. The fourth-order valence-electron chi connectivity index (χ4n) is 4.14. The molecule has 2 aromatic heterocycles. The molecule has 0 unspecified atom stereocenters. The number of carbonyl (C=O) groups excluding carboxylic acids is 2. The molecule has 0 aliphatic carbocycles. The summed E-state index contributed by atoms with van der Waals surface area (Å²) in [4.78, 5) is 54.4. The lowest BCUT2D eigenvalue weighted by molar-refractivity contribution is -0.146. The molecular weight excluding hydrogens is 645 g/mol. The first-order chi connectivity index (χ1) is 20.5. The molecule has 0 aliphatic rings. The average molecular weight is 673 g/mol. The van der Waals surface area contributed by atoms with Crippen molar-refractivity contribution in [3.8, 4) is 23.0 Å². The maximum atomic E-state index is 15.5. The average Bonchev–Trinajstić information content (AvgIpc) is 3.55. The van der Waals surface area contributed by atoms with Gasteiger partial charge in [-0.15, -0.1) is 22.7 Å². The summed E-state index contributed by atoms with van der Waals surface area (Å²) in [5, 5.41) is 19.6. The van der Waals surface area contributed by atoms with Gasteiger partial charge in [0.25, 0.3) is 0 Å². The highest BCUT2D eigenvalue weighted by molar-refractivity contribution is 7.53. The largest absolute Gasteiger partial charge is 0.504 e. The molecule has 11 nitrogen and oxygen atoms in total. The molecule has 2 heterocycles. The molecule has 4 rings (SSSR count). The highest BCUT2D eigenvalue weighted by Crippen LogP contribution is 2.43. The van der Waals surface area contributed by atoms with E-state index in [0.717, 1.165) is 28.7 Å². The number of carboxylic acids is 1. The van der Waals surface area contributed by atoms with E-state index in [1.807, 2.05) is 0 Å². The molecule has 44 heavy (non-hydrogen) atoms. The van der Waals surface area contributed by atoms with E-state index in [1.165, 1.54) is 39.2 Å². The monoisotopic (exact) mass is 672 g/mol. The number of Topliss-reactive ketones (excluding diaryl/α,β-unsaturated/α-hetero) is 2. The van der Waals surface area contributed by atoms with Gasteiger partial charge in [0.05, 0.1) is 35.5 Å². The predicted molar refractivity (Wildman–Crippen MR) is 159 cm³/mol. The first kappa shape index (κ1) is 33.3. The molecule has 2 aromatic carbocycles. The van der Waals surface area contributed by atoms with Gasteiger partial charge in [0, 0.05) is 45.1 Å². The van der Waals surface area contributed by atoms with E-state index >= 15 is 8.78 Å². The Hall–Kier alpha value is -3.62. The third-order valence-electron chi connectivity index (χ3n) is 6.46. The third-order valence-corrected chi connectivity index (χ3v) is 9.41. The van der Waals surface area contributed by atoms with Crippen molar-refractivity contribution in [1.29, 1.82) is 0 Å². The third kappa shape index (κ3) is 7.19. The van der Waals surface area contributed by atoms with E-state index in [2.05, 4.69) is 0 Å². The number of fused-ring (bicyclic) bond motifs is 2. The Morgan fingerprint density at radius 2 is 1.41 bits per heavy atom. The van der Waals surface area contributed by atoms with Crippen molar-refractivity contribution in [2.75, 3.05) is 26.5 Å². The van der Waals surface area contributed by atoms with Gasteiger partial charge >= 0.3 is 13.6 Å². The van der Waals surface area contributed by atoms with Crippen LogP contribution in [0, 0.1) is 17.0 Å². The van der Waals surface area contributed by atoms with E-state index in [1.54, 1.807) is 0 Å². The van der Waals surface area contributed by atoms with Gasteiger partial charge in [-0.25, -0.2) is 8.78 Å². The second-order valence-corrected chi connectivity index (χ2v) is 14.2. The maximum Gasteiger partial charge on any atom is 0.333 e. The number of phenols is 1. The minimum absolute atomic E-state index is 0.0540. The summed E-state index contributed by atoms with van der Waals surface area (Å²) in [6.07, 6.45) is -1.21. The molecule has 0 atom stereocenters. The maximum absolute atomic E-state index is 15.5. The van der Waals surface area contributed by atoms with Crippen molar-refractivity contribution in [2.45, 2.75) is 26.7 Å². The molecule has 4 N–H and O–H groups in total. The number of aromatic hydroxyl groups is 1. The summed E-state index contributed by atoms with van der Waals surface area (Å²) in [7, 11) is -3.32. The van der Waals surface area contributed by atoms with Gasteiger partial charge in [-0.2, -0.15) is 0 Å². The van der Waals surface area contributed by atoms with Gasteiger partial charge in [0.2, 0.25) is 0 Å². The fraction of sp³-hybridized carbons (Fsp3) is 0.321. The van der Waals surface area contributed by atoms with Crippen LogP contribution < -0.4 is 14.2 Å². The van der Waals surface area contributed by atoms with Crippen molar-refractivity contribution in [2.24, 2.45) is 5.41 Å². The lowest BCUT2D eigenvalue weighted by Crippen LogP contribution is -2.26. The SMILES string of the molecule is COc1cc2sc(C(=O)CC(C)(C)C(=O)O)cc2c(F)c1OCCCOc1c(O)cc2sc(C(=O)CP(=O)(O)O)cc2c1F. The lowest BCUT2D eigenvalue weighted by atomic mass is 9.87. The van der Waals surface area contributed by atoms with Crippen molar-refractivity contribution < 1.29 is 61.9 Å². The zero-order valence-corrected chi connectivity index (χ0v) is 26.0. The minimum Gasteiger partial charge on any atom is -0.504 e. The van der Waals surface area contributed by atoms with E-state index in [-0.39, 0.29) is 62.8 Å². The second-order valence-electron chi connectivity index (χ2n) is 10.4. The first-order valence-corrected chi connectivity index (χ1v) is 16.3. The van der Waals surface area contributed by atoms with Crippen LogP contribution in [0.4, 0.5) is 8.78 Å². The first-order valence-electron chi connectivity index (χ1n) is 12.9. The Kier molecular flexibility index (Phi) is 9.66. The van der Waals surface area contributed by atoms with Crippen LogP contribution in [0.1, 0.15) is 46.0 Å². The van der Waals surface area contributed by atoms with Gasteiger partial charge in [-0.3, -0.25) is 18.9 Å². The molecule has 0 radical (unpaired) electrons. The van der Waals surface area contributed by atoms with Crippen molar-refractivity contribution >= 4 is 68.0 Å². The fourth-order valence-corrected chi connectivity index (χ4v) is 6.85. The Balaban J connectivity index is 1.44. The molecule has 0 fully saturated rings. The number of hydrogen-bond acceptors (Lipinski definition) is 10. The quantitative estimate of drug-likeness (QED) is 0.0702. The number of thiophene rings is 2. The molecule has 0 bridgehead atoms. The number of hydrogen-bond donors (Lipinski definition) is 4. The number of rotatable bonds is 14. The number of carbonyl (C=O) groups is 3. The standard InChI is InChI=1S/C28H27F2O11PS2/c1-28(2,27(34)35)11-16(32)21-7-14-20(44-21)10-18(39-3)26(24(14)30)41-6-4-5-40-25-15(31)9-19-13(23(25)29)8-22(43-19)17(33)12-42(36,37)38/h7-10,31H,4-6,11-12H2,1-3H3,(H,34,35)(H2,36,37,38). The number of aliphatic carboxylic acids is 1. The van der Waals surface area contributed by atoms with E-state index in [0.29, 0.717) is 4.70 Å². The van der Waals surface area contributed by atoms with Crippen molar-refractivity contribution in [3.05, 3.63) is 45.7 Å². The van der Waals surface area contributed by atoms with E-state index in [9.17, 15) is 29.2 Å². The highest BCUT2D eigenvalue weighted by Gasteiger charge is 2.32. The van der Waals surface area contributed by atoms with Crippen LogP contribution in [0.5, 0.6) is 23.0 Å². The van der Waals surface area contributed by atoms with Gasteiger partial charge in [-0.1, -0.05) is 0 Å². The number of ether oxygens (including phenoxy) is 3. The van der Waals surface area contributed by atoms with E-state index in [4.69, 9.17) is 24.0 Å². The van der Waals surface area contributed by atoms with Crippen LogP contribution in [-0.2, 0) is 9.36 Å². The predicted octanol–water partition coefficient (Wildman–Crippen LogP) is 6.00. The molecule has 0 spiro atoms. The highest BCUT2D eigenvalue weighted by atomic mass is 32.1. The van der Waals surface area contributed by atoms with Gasteiger partial charge in [0.15, 0.2) is 46.2 Å². The normalized spacial score (nSPS) is 12.1. The summed E-state index contributed by atoms with van der Waals surface area (Å²) < 4.78 is 58.5. The van der Waals surface area contributed by atoms with Gasteiger partial charge in [-0.05, 0) is 26.0 Å². The number of halogens is 2. The molecule has 0 saturated heterocycles. The van der Waals surface area contributed by atoms with Gasteiger partial charge < -0.3 is 34.2 Å². The van der Waals surface area contributed by atoms with Crippen molar-refractivity contribution in [1.82, 2.24) is 0 Å². The van der Waals surface area contributed by atoms with Gasteiger partial charge in [0.1, 0.15) is 6.16 Å². The summed E-state index contributed by atoms with van der Waals surface area (Å²) in [5.74, 6) is -5.45. The zero-order valence-electron chi connectivity index (χ0n) is 23.5. The van der Waals surface area contributed by atoms with Crippen LogP contribution in [0.3, 0.4) is 0 Å². The Morgan fingerprint density at radius 1 is 0.886 bits per heavy atom. The molecular formula is C28H27F2O11PS2. The minimum atomic E-state index is -4.62. The summed E-state index contributed by atoms with van der Waals surface area (Å²) in [6, 6.07) is 5.13. The number of benzene rings is 2. The lowest BCUT2D eigenvalue weighted by Gasteiger charge is -2.16. The van der Waals surface area contributed by atoms with Crippen LogP contribution in [-0.4, -0.2) is 64.0 Å². The van der Waals surface area contributed by atoms with E-state index < -0.39 is 59.8 Å². The van der Waals surface area contributed by atoms with Crippen molar-refractivity contribution in [3.63, 3.8) is 0 Å². The summed E-state index contributed by atoms with van der Waals surface area (Å²) >= 11 is 1.77. The molecule has 0 amide bonds. The molecule has 0 aliphatic heterocycles. The Bertz CT molecular complexity index is 1820. The number of ketones is 2. The van der Waals surface area contributed by atoms with Crippen LogP contribution in [0.25, 0.3) is 20.2 Å². The second kappa shape index (κ2) is 12.8. The number of carboxylic acid groups (broad SMARTS) is 1. The molecule has 16 heteroatoms. The Labute approximate surface area is 256 Å². The number of methoxy groups -OCH3 is 1.